The molecule has 0 atom stereocenters. The summed E-state index contributed by atoms with van der Waals surface area (Å²) in [5, 5.41) is 0. The summed E-state index contributed by atoms with van der Waals surface area (Å²) < 4.78 is 38.1. The molecule has 0 fully saturated rings. The fraction of sp³-hybridized carbons (Fsp3) is 1.00. The molecule has 0 rings (SSSR count). The Kier molecular flexibility index (Phi) is 23.2. The maximum Gasteiger partial charge on any atom is 1.00 e. The van der Waals surface area contributed by atoms with Gasteiger partial charge in [-0.05, 0) is 6.66 Å². The maximum absolute atomic E-state index is 9.67. The van der Waals surface area contributed by atoms with Crippen LogP contribution in [0.2, 0.25) is 0 Å². The molecule has 56 valence electrons. The smallest absolute Gasteiger partial charge is 0.811 e. The Morgan fingerprint density at radius 3 is 1.18 bits per heavy atom. The largest absolute Gasteiger partial charge is 1.00 e. The molecule has 0 aliphatic rings. The molecule has 0 saturated heterocycles. The Hall–Kier alpha value is 1.20. The normalized spacial score (nSPS) is 7.82. The molecular weight excluding hydrogens is 173 g/mol. The Labute approximate surface area is 86.9 Å². The van der Waals surface area contributed by atoms with Crippen LogP contribution in [0.5, 0.6) is 0 Å². The summed E-state index contributed by atoms with van der Waals surface area (Å²) in [6, 6.07) is 0. The van der Waals surface area contributed by atoms with E-state index in [1.165, 1.54) is 0 Å². The molecule has 0 bridgehead atoms. The predicted molar refractivity (Wildman–Crippen MR) is 22.6 cm³/mol. The van der Waals surface area contributed by atoms with Crippen molar-refractivity contribution in [1.29, 1.82) is 0 Å². The minimum absolute atomic E-state index is 0. The van der Waals surface area contributed by atoms with E-state index in [1.807, 2.05) is 0 Å². The van der Waals surface area contributed by atoms with E-state index >= 15 is 0 Å². The third kappa shape index (κ3) is 659. The zero-order valence-corrected chi connectivity index (χ0v) is 7.28. The van der Waals surface area contributed by atoms with E-state index in [4.69, 9.17) is 14.4 Å². The van der Waals surface area contributed by atoms with Crippen molar-refractivity contribution in [3.8, 4) is 0 Å². The van der Waals surface area contributed by atoms with Crippen LogP contribution in [0.25, 0.3) is 0 Å². The van der Waals surface area contributed by atoms with Crippen LogP contribution in [-0.4, -0.2) is 14.2 Å². The topological polar surface area (TPSA) is 63.2 Å². The quantitative estimate of drug-likeness (QED) is 0.272. The molecule has 0 unspecified atom stereocenters. The summed E-state index contributed by atoms with van der Waals surface area (Å²) >= 11 is 0. The first-order valence-corrected chi connectivity index (χ1v) is 3.64. The van der Waals surface area contributed by atoms with E-state index in [9.17, 15) is 12.9 Å². The summed E-state index contributed by atoms with van der Waals surface area (Å²) in [6.45, 7) is 0.632. The molecule has 0 radical (unpaired) electrons. The van der Waals surface area contributed by atoms with Gasteiger partial charge in [0.05, 0.1) is 0 Å². The van der Waals surface area contributed by atoms with Gasteiger partial charge in [0, 0.05) is 0 Å². The molecule has 0 aromatic heterocycles. The number of hydrogen-bond donors (Lipinski definition) is 0. The molecule has 0 aromatic carbocycles. The van der Waals surface area contributed by atoms with Gasteiger partial charge >= 0.3 is 45.3 Å². The monoisotopic (exact) mass is 176 g/mol. The van der Waals surface area contributed by atoms with E-state index in [1.54, 1.807) is 0 Å². The van der Waals surface area contributed by atoms with Gasteiger partial charge in [-0.15, -0.1) is 0 Å². The number of halogens is 3. The van der Waals surface area contributed by atoms with Crippen molar-refractivity contribution in [3.05, 3.63) is 0 Å². The third-order valence-corrected chi connectivity index (χ3v) is 0. The van der Waals surface area contributed by atoms with Crippen molar-refractivity contribution in [2.24, 2.45) is 0 Å². The second kappa shape index (κ2) is 11.2. The zero-order valence-electron chi connectivity index (χ0n) is 6.38. The molecule has 0 saturated carbocycles. The second-order valence-electron chi connectivity index (χ2n) is 1.02. The standard InChI is InChI=1S/CH5O3P.BF3.2Li/c1-5(2,3)4;2-1(3)4;;/h1H3,(H2,2,3,4);;;/q;;2*+1/p-2. The second-order valence-corrected chi connectivity index (χ2v) is 2.56. The Morgan fingerprint density at radius 2 is 1.18 bits per heavy atom. The van der Waals surface area contributed by atoms with Gasteiger partial charge in [-0.1, -0.05) is 7.60 Å². The molecule has 10 heteroatoms. The Morgan fingerprint density at radius 1 is 1.18 bits per heavy atom. The summed E-state index contributed by atoms with van der Waals surface area (Å²) in [5.41, 5.74) is 0. The van der Waals surface area contributed by atoms with Crippen molar-refractivity contribution in [3.63, 3.8) is 0 Å². The molecule has 3 nitrogen and oxygen atoms in total. The van der Waals surface area contributed by atoms with Crippen molar-refractivity contribution in [2.75, 3.05) is 6.66 Å². The van der Waals surface area contributed by atoms with Gasteiger partial charge in [0.15, 0.2) is 0 Å². The molecule has 0 heterocycles. The third-order valence-electron chi connectivity index (χ3n) is 0. The minimum atomic E-state index is -4.14. The first-order valence-electron chi connectivity index (χ1n) is 1.65. The minimum Gasteiger partial charge on any atom is -0.811 e. The van der Waals surface area contributed by atoms with Crippen LogP contribution in [0.15, 0.2) is 0 Å². The SMILES string of the molecule is CP(=O)([O-])[O-].FB(F)F.[Li+].[Li+]. The van der Waals surface area contributed by atoms with E-state index in [2.05, 4.69) is 0 Å². The van der Waals surface area contributed by atoms with Crippen molar-refractivity contribution in [1.82, 2.24) is 0 Å². The fourth-order valence-electron chi connectivity index (χ4n) is 0. The van der Waals surface area contributed by atoms with Gasteiger partial charge < -0.3 is 14.4 Å². The number of rotatable bonds is 0. The Balaban J connectivity index is -0.0000000383. The maximum atomic E-state index is 9.67. The van der Waals surface area contributed by atoms with Gasteiger partial charge in [0.25, 0.3) is 0 Å². The summed E-state index contributed by atoms with van der Waals surface area (Å²) in [5.74, 6) is 0. The van der Waals surface area contributed by atoms with E-state index < -0.39 is 15.1 Å². The van der Waals surface area contributed by atoms with Gasteiger partial charge in [-0.25, -0.2) is 0 Å². The number of hydrogen-bond acceptors (Lipinski definition) is 3. The molecule has 11 heavy (non-hydrogen) atoms. The average molecular weight is 176 g/mol. The molecule has 0 aliphatic carbocycles. The van der Waals surface area contributed by atoms with Crippen LogP contribution in [-0.2, 0) is 4.57 Å². The summed E-state index contributed by atoms with van der Waals surface area (Å²) in [7, 11) is -7.81. The molecule has 0 spiro atoms. The predicted octanol–water partition coefficient (Wildman–Crippen LogP) is -6.58. The average Bonchev–Trinajstić information content (AvgIpc) is 1.19. The van der Waals surface area contributed by atoms with E-state index in [0.29, 0.717) is 6.66 Å². The van der Waals surface area contributed by atoms with Gasteiger partial charge in [0.2, 0.25) is 0 Å². The van der Waals surface area contributed by atoms with E-state index in [-0.39, 0.29) is 37.7 Å². The zero-order chi connectivity index (χ0) is 8.08. The van der Waals surface area contributed by atoms with Crippen LogP contribution in [0, 0.1) is 0 Å². The Bertz CT molecular complexity index is 97.7. The van der Waals surface area contributed by atoms with Crippen LogP contribution in [0.1, 0.15) is 0 Å². The van der Waals surface area contributed by atoms with E-state index in [0.717, 1.165) is 0 Å². The van der Waals surface area contributed by atoms with Crippen molar-refractivity contribution in [2.45, 2.75) is 0 Å². The van der Waals surface area contributed by atoms with Gasteiger partial charge in [0.1, 0.15) is 0 Å². The first kappa shape index (κ1) is 22.8. The first-order chi connectivity index (χ1) is 3.73. The van der Waals surface area contributed by atoms with Gasteiger partial charge in [-0.2, -0.15) is 0 Å². The van der Waals surface area contributed by atoms with Crippen molar-refractivity contribution >= 4 is 15.1 Å². The fourth-order valence-corrected chi connectivity index (χ4v) is 0. The molecule has 0 N–H and O–H groups in total. The van der Waals surface area contributed by atoms with Crippen LogP contribution >= 0.6 is 7.60 Å². The van der Waals surface area contributed by atoms with Crippen LogP contribution in [0.3, 0.4) is 0 Å². The molecule has 0 amide bonds. The molecule has 0 aromatic rings. The summed E-state index contributed by atoms with van der Waals surface area (Å²) in [6.07, 6.45) is 0. The van der Waals surface area contributed by atoms with Crippen LogP contribution < -0.4 is 47.5 Å². The summed E-state index contributed by atoms with van der Waals surface area (Å²) in [4.78, 5) is 18.2. The van der Waals surface area contributed by atoms with Crippen LogP contribution in [0.4, 0.5) is 12.9 Å². The molecule has 0 aliphatic heterocycles. The van der Waals surface area contributed by atoms with Crippen molar-refractivity contribution < 1.29 is 65.0 Å². The molecular formula is CH3BF3Li2O3P. The van der Waals surface area contributed by atoms with Gasteiger partial charge in [-0.3, -0.25) is 12.9 Å².